The molecule has 0 aromatic heterocycles. The van der Waals surface area contributed by atoms with Crippen LogP contribution in [0.4, 0.5) is 0 Å². The Morgan fingerprint density at radius 1 is 1.57 bits per heavy atom. The lowest BCUT2D eigenvalue weighted by Gasteiger charge is -2.25. The fourth-order valence-corrected chi connectivity index (χ4v) is 2.22. The van der Waals surface area contributed by atoms with Crippen LogP contribution in [0.5, 0.6) is 0 Å². The average Bonchev–Trinajstić information content (AvgIpc) is 2.61. The third-order valence-corrected chi connectivity index (χ3v) is 2.92. The molecule has 1 heterocycles. The van der Waals surface area contributed by atoms with Crippen molar-refractivity contribution in [2.75, 3.05) is 13.1 Å². The van der Waals surface area contributed by atoms with Gasteiger partial charge in [-0.15, -0.1) is 0 Å². The van der Waals surface area contributed by atoms with E-state index in [9.17, 15) is 0 Å². The highest BCUT2D eigenvalue weighted by atomic mass is 15.2. The summed E-state index contributed by atoms with van der Waals surface area (Å²) in [6.07, 6.45) is 6.55. The quantitative estimate of drug-likeness (QED) is 0.617. The third kappa shape index (κ3) is 2.36. The molecule has 0 unspecified atom stereocenters. The van der Waals surface area contributed by atoms with Gasteiger partial charge in [0.1, 0.15) is 0 Å². The molecule has 1 atom stereocenters. The zero-order valence-corrected chi connectivity index (χ0v) is 9.42. The Hall–Kier alpha value is -0.820. The van der Waals surface area contributed by atoms with Gasteiger partial charge in [-0.3, -0.25) is 4.90 Å². The SMILES string of the molecule is C=C/C=C(\C(=C)C)[C@@H]1CCCN1CC. The number of likely N-dealkylation sites (tertiary alicyclic amines) is 1. The van der Waals surface area contributed by atoms with Crippen LogP contribution < -0.4 is 0 Å². The molecule has 0 aromatic rings. The first kappa shape index (κ1) is 11.3. The van der Waals surface area contributed by atoms with Gasteiger partial charge in [-0.05, 0) is 38.4 Å². The molecule has 0 bridgehead atoms. The number of likely N-dealkylation sites (N-methyl/N-ethyl adjacent to an activating group) is 1. The van der Waals surface area contributed by atoms with Crippen molar-refractivity contribution in [3.8, 4) is 0 Å². The minimum Gasteiger partial charge on any atom is -0.297 e. The van der Waals surface area contributed by atoms with E-state index in [1.54, 1.807) is 0 Å². The molecule has 0 N–H and O–H groups in total. The molecule has 0 aliphatic carbocycles. The van der Waals surface area contributed by atoms with E-state index in [0.29, 0.717) is 6.04 Å². The van der Waals surface area contributed by atoms with Crippen LogP contribution in [0.2, 0.25) is 0 Å². The molecular formula is C13H21N. The second kappa shape index (κ2) is 5.16. The summed E-state index contributed by atoms with van der Waals surface area (Å²) >= 11 is 0. The van der Waals surface area contributed by atoms with Gasteiger partial charge in [0.05, 0.1) is 0 Å². The number of allylic oxidation sites excluding steroid dienone is 2. The molecule has 1 nitrogen and oxygen atoms in total. The van der Waals surface area contributed by atoms with Crippen molar-refractivity contribution in [2.45, 2.75) is 32.7 Å². The molecule has 1 aliphatic heterocycles. The standard InChI is InChI=1S/C13H21N/c1-5-8-12(11(3)4)13-9-7-10-14(13)6-2/h5,8,13H,1,3,6-7,9-10H2,2,4H3/b12-8+/t13-/m0/s1. The van der Waals surface area contributed by atoms with E-state index in [1.165, 1.54) is 30.5 Å². The first-order valence-corrected chi connectivity index (χ1v) is 5.43. The third-order valence-electron chi connectivity index (χ3n) is 2.92. The van der Waals surface area contributed by atoms with Gasteiger partial charge < -0.3 is 0 Å². The molecule has 0 amide bonds. The van der Waals surface area contributed by atoms with Gasteiger partial charge in [0.15, 0.2) is 0 Å². The van der Waals surface area contributed by atoms with Crippen LogP contribution in [0.25, 0.3) is 0 Å². The van der Waals surface area contributed by atoms with Gasteiger partial charge >= 0.3 is 0 Å². The Morgan fingerprint density at radius 3 is 2.79 bits per heavy atom. The number of hydrogen-bond acceptors (Lipinski definition) is 1. The maximum atomic E-state index is 4.04. The summed E-state index contributed by atoms with van der Waals surface area (Å²) in [7, 11) is 0. The molecule has 1 fully saturated rings. The molecule has 78 valence electrons. The molecular weight excluding hydrogens is 170 g/mol. The highest BCUT2D eigenvalue weighted by Crippen LogP contribution is 2.27. The maximum absolute atomic E-state index is 4.04. The molecule has 1 aliphatic rings. The Balaban J connectivity index is 2.82. The van der Waals surface area contributed by atoms with E-state index in [0.717, 1.165) is 6.54 Å². The van der Waals surface area contributed by atoms with Gasteiger partial charge in [0.25, 0.3) is 0 Å². The highest BCUT2D eigenvalue weighted by Gasteiger charge is 2.25. The zero-order chi connectivity index (χ0) is 10.6. The molecule has 0 aromatic carbocycles. The summed E-state index contributed by atoms with van der Waals surface area (Å²) < 4.78 is 0. The van der Waals surface area contributed by atoms with E-state index in [4.69, 9.17) is 0 Å². The van der Waals surface area contributed by atoms with E-state index < -0.39 is 0 Å². The fourth-order valence-electron chi connectivity index (χ4n) is 2.22. The van der Waals surface area contributed by atoms with Crippen LogP contribution in [0.15, 0.2) is 36.5 Å². The molecule has 0 radical (unpaired) electrons. The van der Waals surface area contributed by atoms with Gasteiger partial charge in [-0.25, -0.2) is 0 Å². The Labute approximate surface area is 87.8 Å². The van der Waals surface area contributed by atoms with E-state index in [-0.39, 0.29) is 0 Å². The molecule has 1 rings (SSSR count). The molecule has 0 saturated carbocycles. The topological polar surface area (TPSA) is 3.24 Å². The lowest BCUT2D eigenvalue weighted by Crippen LogP contribution is -2.30. The second-order valence-corrected chi connectivity index (χ2v) is 3.92. The van der Waals surface area contributed by atoms with Crippen LogP contribution >= 0.6 is 0 Å². The maximum Gasteiger partial charge on any atom is 0.0350 e. The van der Waals surface area contributed by atoms with Crippen LogP contribution in [0.3, 0.4) is 0 Å². The van der Waals surface area contributed by atoms with Crippen LogP contribution in [-0.4, -0.2) is 24.0 Å². The average molecular weight is 191 g/mol. The second-order valence-electron chi connectivity index (χ2n) is 3.92. The first-order valence-electron chi connectivity index (χ1n) is 5.43. The van der Waals surface area contributed by atoms with Crippen molar-refractivity contribution >= 4 is 0 Å². The molecule has 1 heteroatoms. The van der Waals surface area contributed by atoms with Crippen molar-refractivity contribution in [1.29, 1.82) is 0 Å². The van der Waals surface area contributed by atoms with Gasteiger partial charge in [0, 0.05) is 6.04 Å². The largest absolute Gasteiger partial charge is 0.297 e. The van der Waals surface area contributed by atoms with Crippen LogP contribution in [0.1, 0.15) is 26.7 Å². The Kier molecular flexibility index (Phi) is 4.15. The lowest BCUT2D eigenvalue weighted by molar-refractivity contribution is 0.298. The predicted molar refractivity (Wildman–Crippen MR) is 63.4 cm³/mol. The smallest absolute Gasteiger partial charge is 0.0350 e. The van der Waals surface area contributed by atoms with Crippen LogP contribution in [0, 0.1) is 0 Å². The Morgan fingerprint density at radius 2 is 2.29 bits per heavy atom. The van der Waals surface area contributed by atoms with E-state index in [2.05, 4.69) is 38.0 Å². The Bertz CT molecular complexity index is 250. The minimum atomic E-state index is 0.579. The fraction of sp³-hybridized carbons (Fsp3) is 0.538. The molecule has 14 heavy (non-hydrogen) atoms. The monoisotopic (exact) mass is 191 g/mol. The van der Waals surface area contributed by atoms with Gasteiger partial charge in [-0.2, -0.15) is 0 Å². The summed E-state index contributed by atoms with van der Waals surface area (Å²) in [6, 6.07) is 0.579. The first-order chi connectivity index (χ1) is 6.70. The summed E-state index contributed by atoms with van der Waals surface area (Å²) in [5, 5.41) is 0. The normalized spacial score (nSPS) is 23.9. The van der Waals surface area contributed by atoms with Crippen molar-refractivity contribution in [3.05, 3.63) is 36.5 Å². The number of nitrogens with zero attached hydrogens (tertiary/aromatic N) is 1. The zero-order valence-electron chi connectivity index (χ0n) is 9.42. The predicted octanol–water partition coefficient (Wildman–Crippen LogP) is 3.16. The van der Waals surface area contributed by atoms with Gasteiger partial charge in [0.2, 0.25) is 0 Å². The lowest BCUT2D eigenvalue weighted by atomic mass is 9.98. The van der Waals surface area contributed by atoms with Crippen molar-refractivity contribution in [3.63, 3.8) is 0 Å². The summed E-state index contributed by atoms with van der Waals surface area (Å²) in [4.78, 5) is 2.52. The summed E-state index contributed by atoms with van der Waals surface area (Å²) in [5.41, 5.74) is 2.54. The minimum absolute atomic E-state index is 0.579. The molecule has 1 saturated heterocycles. The van der Waals surface area contributed by atoms with Crippen molar-refractivity contribution in [2.24, 2.45) is 0 Å². The van der Waals surface area contributed by atoms with E-state index >= 15 is 0 Å². The number of hydrogen-bond donors (Lipinski definition) is 0. The van der Waals surface area contributed by atoms with Crippen molar-refractivity contribution < 1.29 is 0 Å². The molecule has 0 spiro atoms. The van der Waals surface area contributed by atoms with Gasteiger partial charge in [-0.1, -0.05) is 37.8 Å². The van der Waals surface area contributed by atoms with Crippen molar-refractivity contribution in [1.82, 2.24) is 4.90 Å². The van der Waals surface area contributed by atoms with Crippen LogP contribution in [-0.2, 0) is 0 Å². The summed E-state index contributed by atoms with van der Waals surface area (Å²) in [5.74, 6) is 0. The van der Waals surface area contributed by atoms with E-state index in [1.807, 2.05) is 6.08 Å². The highest BCUT2D eigenvalue weighted by molar-refractivity contribution is 5.34. The number of rotatable bonds is 4. The summed E-state index contributed by atoms with van der Waals surface area (Å²) in [6.45, 7) is 14.5.